The van der Waals surface area contributed by atoms with Gasteiger partial charge in [0.2, 0.25) is 0 Å². The number of rotatable bonds is 5. The summed E-state index contributed by atoms with van der Waals surface area (Å²) in [5.41, 5.74) is 18.2. The third-order valence-corrected chi connectivity index (χ3v) is 12.0. The van der Waals surface area contributed by atoms with Crippen molar-refractivity contribution in [1.82, 2.24) is 14.0 Å². The molecule has 0 spiro atoms. The van der Waals surface area contributed by atoms with Crippen LogP contribution < -0.4 is 10.9 Å². The fourth-order valence-electron chi connectivity index (χ4n) is 9.62. The minimum atomic E-state index is -0.134. The molecule has 0 saturated heterocycles. The maximum absolute atomic E-state index is 4.61. The molecule has 0 atom stereocenters. The second-order valence-electron chi connectivity index (χ2n) is 15.1. The fourth-order valence-corrected chi connectivity index (χ4v) is 9.62. The molecule has 4 heterocycles. The van der Waals surface area contributed by atoms with Crippen LogP contribution in [0.2, 0.25) is 0 Å². The Balaban J connectivity index is 1.32. The van der Waals surface area contributed by atoms with Gasteiger partial charge in [-0.2, -0.15) is 0 Å². The number of hydrogen-bond donors (Lipinski definition) is 0. The van der Waals surface area contributed by atoms with E-state index in [0.29, 0.717) is 0 Å². The van der Waals surface area contributed by atoms with Crippen LogP contribution in [0.1, 0.15) is 0 Å². The molecular formula is C53H34BN3. The summed E-state index contributed by atoms with van der Waals surface area (Å²) in [4.78, 5) is 4.61. The number of aromatic nitrogens is 3. The zero-order valence-electron chi connectivity index (χ0n) is 31.0. The average molecular weight is 724 g/mol. The predicted octanol–water partition coefficient (Wildman–Crippen LogP) is 11.9. The Morgan fingerprint density at radius 3 is 1.46 bits per heavy atom. The van der Waals surface area contributed by atoms with Gasteiger partial charge in [0.25, 0.3) is 0 Å². The maximum atomic E-state index is 4.61. The van der Waals surface area contributed by atoms with Crippen molar-refractivity contribution in [3.05, 3.63) is 207 Å². The molecule has 3 nitrogen and oxygen atoms in total. The molecule has 57 heavy (non-hydrogen) atoms. The van der Waals surface area contributed by atoms with Gasteiger partial charge in [-0.05, 0) is 80.7 Å². The molecule has 3 aromatic heterocycles. The summed E-state index contributed by atoms with van der Waals surface area (Å²) in [6.45, 7) is -0.134. The summed E-state index contributed by atoms with van der Waals surface area (Å²) in [5.74, 6) is 0. The lowest BCUT2D eigenvalue weighted by molar-refractivity contribution is 1.17. The molecule has 0 bridgehead atoms. The molecule has 0 saturated carbocycles. The highest BCUT2D eigenvalue weighted by molar-refractivity contribution is 6.88. The van der Waals surface area contributed by atoms with Gasteiger partial charge in [-0.15, -0.1) is 0 Å². The Kier molecular flexibility index (Phi) is 7.02. The second kappa shape index (κ2) is 12.6. The van der Waals surface area contributed by atoms with E-state index in [1.54, 1.807) is 0 Å². The molecule has 11 aromatic rings. The number of pyridine rings is 1. The van der Waals surface area contributed by atoms with Gasteiger partial charge in [0.05, 0.1) is 11.0 Å². The minimum absolute atomic E-state index is 0.134. The van der Waals surface area contributed by atoms with Crippen LogP contribution >= 0.6 is 0 Å². The second-order valence-corrected chi connectivity index (χ2v) is 15.1. The quantitative estimate of drug-likeness (QED) is 0.162. The number of fused-ring (bicyclic) bond motifs is 8. The first-order valence-corrected chi connectivity index (χ1v) is 19.7. The van der Waals surface area contributed by atoms with Crippen LogP contribution in [-0.2, 0) is 0 Å². The molecule has 0 N–H and O–H groups in total. The maximum Gasteiger partial charge on any atom is 0.332 e. The average Bonchev–Trinajstić information content (AvgIpc) is 3.81. The topological polar surface area (TPSA) is 22.8 Å². The molecule has 0 unspecified atom stereocenters. The van der Waals surface area contributed by atoms with Gasteiger partial charge >= 0.3 is 6.85 Å². The van der Waals surface area contributed by atoms with Crippen LogP contribution in [0.5, 0.6) is 0 Å². The van der Waals surface area contributed by atoms with Gasteiger partial charge in [0.1, 0.15) is 0 Å². The zero-order valence-corrected chi connectivity index (χ0v) is 31.0. The van der Waals surface area contributed by atoms with Crippen molar-refractivity contribution in [3.63, 3.8) is 0 Å². The van der Waals surface area contributed by atoms with E-state index >= 15 is 0 Å². The molecular weight excluding hydrogens is 689 g/mol. The lowest BCUT2D eigenvalue weighted by atomic mass is 9.48. The van der Waals surface area contributed by atoms with Crippen molar-refractivity contribution in [2.75, 3.05) is 0 Å². The molecule has 4 heteroatoms. The Morgan fingerprint density at radius 2 is 0.877 bits per heavy atom. The first-order valence-electron chi connectivity index (χ1n) is 19.7. The zero-order chi connectivity index (χ0) is 37.5. The van der Waals surface area contributed by atoms with Crippen LogP contribution in [0, 0.1) is 0 Å². The van der Waals surface area contributed by atoms with Gasteiger partial charge in [-0.1, -0.05) is 158 Å². The molecule has 1 aliphatic rings. The van der Waals surface area contributed by atoms with Crippen LogP contribution in [0.25, 0.3) is 93.8 Å². The monoisotopic (exact) mass is 723 g/mol. The van der Waals surface area contributed by atoms with Gasteiger partial charge < -0.3 is 9.05 Å². The number of hydrogen-bond acceptors (Lipinski definition) is 1. The minimum Gasteiger partial charge on any atom is -0.375 e. The molecule has 0 aliphatic carbocycles. The molecule has 0 radical (unpaired) electrons. The summed E-state index contributed by atoms with van der Waals surface area (Å²) in [7, 11) is 0. The van der Waals surface area contributed by atoms with E-state index in [0.717, 1.165) is 0 Å². The summed E-state index contributed by atoms with van der Waals surface area (Å²) >= 11 is 0. The van der Waals surface area contributed by atoms with Crippen molar-refractivity contribution in [3.8, 4) is 50.2 Å². The van der Waals surface area contributed by atoms with Gasteiger partial charge in [-0.25, -0.2) is 0 Å². The summed E-state index contributed by atoms with van der Waals surface area (Å²) in [6.07, 6.45) is 3.94. The smallest absolute Gasteiger partial charge is 0.332 e. The Bertz CT molecular complexity index is 3190. The molecule has 264 valence electrons. The lowest BCUT2D eigenvalue weighted by Crippen LogP contribution is -2.53. The Hall–Kier alpha value is -7.43. The van der Waals surface area contributed by atoms with Crippen molar-refractivity contribution >= 4 is 61.4 Å². The standard InChI is InChI=1S/C53H34BN3/c1-5-16-35(17-6-1)39-30-42(37-20-9-3-10-21-37)51-44(32-39)45-33-40(36-18-7-2-8-19-36)31-43(38-22-11-4-12-23-38)52(45)57(51)54-47-25-13-14-27-50(47)56-49-28-29-55-34-46(49)41-24-15-26-48(54)53(41)56/h1-34H. The number of nitrogens with zero attached hydrogens (tertiary/aromatic N) is 3. The third kappa shape index (κ3) is 4.77. The third-order valence-electron chi connectivity index (χ3n) is 12.0. The normalized spacial score (nSPS) is 12.2. The summed E-state index contributed by atoms with van der Waals surface area (Å²) in [6, 6.07) is 71.3. The molecule has 0 fully saturated rings. The fraction of sp³-hybridized carbons (Fsp3) is 0. The predicted molar refractivity (Wildman–Crippen MR) is 240 cm³/mol. The lowest BCUT2D eigenvalue weighted by Gasteiger charge is -2.29. The van der Waals surface area contributed by atoms with E-state index in [1.165, 1.54) is 105 Å². The first kappa shape index (κ1) is 31.9. The SMILES string of the molecule is c1ccc(-c2cc(-c3ccccc3)c3c(c2)c2cc(-c4ccccc4)cc(-c4ccccc4)c2n3B2c3ccccc3-n3c4ccncc4c4cccc2c43)cc1. The van der Waals surface area contributed by atoms with Gasteiger partial charge in [0.15, 0.2) is 0 Å². The van der Waals surface area contributed by atoms with E-state index < -0.39 is 0 Å². The largest absolute Gasteiger partial charge is 0.375 e. The van der Waals surface area contributed by atoms with E-state index in [9.17, 15) is 0 Å². The summed E-state index contributed by atoms with van der Waals surface area (Å²) in [5, 5.41) is 4.86. The highest BCUT2D eigenvalue weighted by Gasteiger charge is 2.37. The summed E-state index contributed by atoms with van der Waals surface area (Å²) < 4.78 is 5.17. The van der Waals surface area contributed by atoms with E-state index in [2.05, 4.69) is 208 Å². The van der Waals surface area contributed by atoms with Crippen molar-refractivity contribution in [1.29, 1.82) is 0 Å². The van der Waals surface area contributed by atoms with Crippen LogP contribution in [0.3, 0.4) is 0 Å². The molecule has 8 aromatic carbocycles. The van der Waals surface area contributed by atoms with Crippen LogP contribution in [0.4, 0.5) is 0 Å². The van der Waals surface area contributed by atoms with Crippen molar-refractivity contribution in [2.24, 2.45) is 0 Å². The molecule has 12 rings (SSSR count). The highest BCUT2D eigenvalue weighted by atomic mass is 15.0. The Morgan fingerprint density at radius 1 is 0.368 bits per heavy atom. The van der Waals surface area contributed by atoms with Gasteiger partial charge in [-0.3, -0.25) is 4.98 Å². The molecule has 1 aliphatic heterocycles. The Labute approximate surface area is 330 Å². The van der Waals surface area contributed by atoms with E-state index in [1.807, 2.05) is 12.4 Å². The number of para-hydroxylation sites is 2. The van der Waals surface area contributed by atoms with E-state index in [-0.39, 0.29) is 6.85 Å². The van der Waals surface area contributed by atoms with Crippen molar-refractivity contribution in [2.45, 2.75) is 0 Å². The van der Waals surface area contributed by atoms with Crippen LogP contribution in [0.15, 0.2) is 207 Å². The highest BCUT2D eigenvalue weighted by Crippen LogP contribution is 2.45. The van der Waals surface area contributed by atoms with Crippen molar-refractivity contribution < 1.29 is 0 Å². The number of benzene rings is 8. The first-order chi connectivity index (χ1) is 28.3. The van der Waals surface area contributed by atoms with Crippen LogP contribution in [-0.4, -0.2) is 20.9 Å². The molecule has 0 amide bonds. The van der Waals surface area contributed by atoms with E-state index in [4.69, 9.17) is 0 Å². The van der Waals surface area contributed by atoms with Gasteiger partial charge in [0, 0.05) is 61.8 Å².